The van der Waals surface area contributed by atoms with E-state index < -0.39 is 0 Å². The van der Waals surface area contributed by atoms with E-state index in [1.807, 2.05) is 12.3 Å². The van der Waals surface area contributed by atoms with Crippen molar-refractivity contribution in [2.45, 2.75) is 57.2 Å². The maximum atomic E-state index is 5.80. The molecular formula is C20H26N4S. The minimum Gasteiger partial charge on any atom is -0.352 e. The molecule has 1 N–H and O–H groups in total. The van der Waals surface area contributed by atoms with Crippen LogP contribution in [0.2, 0.25) is 0 Å². The summed E-state index contributed by atoms with van der Waals surface area (Å²) in [7, 11) is 2.15. The van der Waals surface area contributed by atoms with Crippen molar-refractivity contribution in [2.75, 3.05) is 0 Å². The first-order chi connectivity index (χ1) is 12.2. The van der Waals surface area contributed by atoms with Gasteiger partial charge in [0.25, 0.3) is 0 Å². The van der Waals surface area contributed by atoms with Crippen molar-refractivity contribution in [3.63, 3.8) is 0 Å². The van der Waals surface area contributed by atoms with Crippen LogP contribution in [0.1, 0.15) is 61.3 Å². The van der Waals surface area contributed by atoms with Crippen molar-refractivity contribution < 1.29 is 0 Å². The average Bonchev–Trinajstić information content (AvgIpc) is 3.16. The number of nitrogens with one attached hydrogen (secondary N) is 1. The molecule has 5 heteroatoms. The fraction of sp³-hybridized carbons (Fsp3) is 0.500. The Labute approximate surface area is 155 Å². The molecule has 2 unspecified atom stereocenters. The van der Waals surface area contributed by atoms with Gasteiger partial charge in [-0.05, 0) is 56.2 Å². The first-order valence-corrected chi connectivity index (χ1v) is 9.69. The van der Waals surface area contributed by atoms with Gasteiger partial charge < -0.3 is 14.8 Å². The van der Waals surface area contributed by atoms with E-state index in [1.54, 1.807) is 0 Å². The Kier molecular flexibility index (Phi) is 4.50. The number of pyridine rings is 1. The Hall–Kier alpha value is -1.88. The van der Waals surface area contributed by atoms with E-state index in [4.69, 9.17) is 12.2 Å². The zero-order chi connectivity index (χ0) is 17.4. The van der Waals surface area contributed by atoms with Gasteiger partial charge in [-0.15, -0.1) is 0 Å². The maximum Gasteiger partial charge on any atom is 0.170 e. The van der Waals surface area contributed by atoms with Gasteiger partial charge in [0, 0.05) is 30.7 Å². The number of nitrogens with zero attached hydrogens (tertiary/aromatic N) is 3. The zero-order valence-corrected chi connectivity index (χ0v) is 15.8. The molecule has 0 bridgehead atoms. The summed E-state index contributed by atoms with van der Waals surface area (Å²) in [6.45, 7) is 2.16. The molecule has 0 aromatic carbocycles. The number of rotatable bonds is 3. The van der Waals surface area contributed by atoms with Gasteiger partial charge in [-0.25, -0.2) is 0 Å². The number of thiocarbonyl (C=S) groups is 1. The summed E-state index contributed by atoms with van der Waals surface area (Å²) >= 11 is 5.80. The van der Waals surface area contributed by atoms with Crippen LogP contribution in [0, 0.1) is 6.92 Å². The van der Waals surface area contributed by atoms with Crippen molar-refractivity contribution in [2.24, 2.45) is 7.05 Å². The molecule has 2 atom stereocenters. The van der Waals surface area contributed by atoms with Crippen molar-refractivity contribution >= 4 is 17.3 Å². The van der Waals surface area contributed by atoms with Gasteiger partial charge in [0.15, 0.2) is 5.11 Å². The summed E-state index contributed by atoms with van der Waals surface area (Å²) in [5, 5.41) is 4.47. The Balaban J connectivity index is 1.77. The Morgan fingerprint density at radius 3 is 2.56 bits per heavy atom. The SMILES string of the molecule is Cc1ccc(C2C(c3ccccn3)NC(=S)N2C2CCCCC2)n1C. The summed E-state index contributed by atoms with van der Waals surface area (Å²) in [4.78, 5) is 7.10. The molecule has 25 heavy (non-hydrogen) atoms. The monoisotopic (exact) mass is 354 g/mol. The normalized spacial score (nSPS) is 24.6. The van der Waals surface area contributed by atoms with Gasteiger partial charge in [-0.1, -0.05) is 25.3 Å². The standard InChI is InChI=1S/C20H26N4S/c1-14-11-12-17(23(14)2)19-18(16-10-6-7-13-21-16)22-20(25)24(19)15-8-4-3-5-9-15/h6-7,10-13,15,18-19H,3-5,8-9H2,1-2H3,(H,22,25). The van der Waals surface area contributed by atoms with Gasteiger partial charge in [0.1, 0.15) is 0 Å². The molecule has 1 aliphatic carbocycles. The molecule has 1 aliphatic heterocycles. The van der Waals surface area contributed by atoms with E-state index in [2.05, 4.69) is 58.0 Å². The van der Waals surface area contributed by atoms with Crippen LogP contribution in [0.3, 0.4) is 0 Å². The molecular weight excluding hydrogens is 328 g/mol. The molecule has 2 aromatic rings. The van der Waals surface area contributed by atoms with Gasteiger partial charge in [0.2, 0.25) is 0 Å². The predicted octanol–water partition coefficient (Wildman–Crippen LogP) is 4.03. The molecule has 2 fully saturated rings. The van der Waals surface area contributed by atoms with E-state index in [0.717, 1.165) is 10.8 Å². The molecule has 0 radical (unpaired) electrons. The van der Waals surface area contributed by atoms with Gasteiger partial charge in [-0.3, -0.25) is 4.98 Å². The van der Waals surface area contributed by atoms with E-state index >= 15 is 0 Å². The third-order valence-electron chi connectivity index (χ3n) is 5.82. The van der Waals surface area contributed by atoms with Gasteiger partial charge >= 0.3 is 0 Å². The lowest BCUT2D eigenvalue weighted by atomic mass is 9.92. The number of hydrogen-bond donors (Lipinski definition) is 1. The molecule has 1 saturated carbocycles. The number of aromatic nitrogens is 2. The Morgan fingerprint density at radius 1 is 1.12 bits per heavy atom. The molecule has 3 heterocycles. The second-order valence-electron chi connectivity index (χ2n) is 7.28. The average molecular weight is 355 g/mol. The van der Waals surface area contributed by atoms with Crippen LogP contribution < -0.4 is 5.32 Å². The quantitative estimate of drug-likeness (QED) is 0.844. The summed E-state index contributed by atoms with van der Waals surface area (Å²) in [6, 6.07) is 11.4. The fourth-order valence-electron chi connectivity index (χ4n) is 4.36. The molecule has 0 amide bonds. The maximum absolute atomic E-state index is 5.80. The van der Waals surface area contributed by atoms with E-state index in [0.29, 0.717) is 6.04 Å². The van der Waals surface area contributed by atoms with Crippen LogP contribution in [0.25, 0.3) is 0 Å². The molecule has 0 spiro atoms. The fourth-order valence-corrected chi connectivity index (χ4v) is 4.75. The highest BCUT2D eigenvalue weighted by Crippen LogP contribution is 2.42. The van der Waals surface area contributed by atoms with Crippen LogP contribution in [0.5, 0.6) is 0 Å². The second-order valence-corrected chi connectivity index (χ2v) is 7.67. The Bertz CT molecular complexity index is 748. The molecule has 4 rings (SSSR count). The van der Waals surface area contributed by atoms with Crippen molar-refractivity contribution in [1.82, 2.24) is 19.8 Å². The summed E-state index contributed by atoms with van der Waals surface area (Å²) in [6.07, 6.45) is 8.29. The third kappa shape index (κ3) is 2.95. The minimum atomic E-state index is 0.101. The predicted molar refractivity (Wildman–Crippen MR) is 104 cm³/mol. The summed E-state index contributed by atoms with van der Waals surface area (Å²) in [5.74, 6) is 0. The zero-order valence-electron chi connectivity index (χ0n) is 15.0. The molecule has 4 nitrogen and oxygen atoms in total. The van der Waals surface area contributed by atoms with Crippen molar-refractivity contribution in [3.05, 3.63) is 53.6 Å². The van der Waals surface area contributed by atoms with Crippen molar-refractivity contribution in [3.8, 4) is 0 Å². The largest absolute Gasteiger partial charge is 0.352 e. The molecule has 2 aromatic heterocycles. The van der Waals surface area contributed by atoms with Crippen LogP contribution in [-0.2, 0) is 7.05 Å². The molecule has 132 valence electrons. The van der Waals surface area contributed by atoms with Crippen LogP contribution >= 0.6 is 12.2 Å². The Morgan fingerprint density at radius 2 is 1.92 bits per heavy atom. The highest BCUT2D eigenvalue weighted by Gasteiger charge is 2.44. The first-order valence-electron chi connectivity index (χ1n) is 9.29. The highest BCUT2D eigenvalue weighted by atomic mass is 32.1. The first kappa shape index (κ1) is 16.6. The van der Waals surface area contributed by atoms with Gasteiger partial charge in [0.05, 0.1) is 17.8 Å². The molecule has 2 aliphatic rings. The third-order valence-corrected chi connectivity index (χ3v) is 6.15. The molecule has 1 saturated heterocycles. The second kappa shape index (κ2) is 6.79. The topological polar surface area (TPSA) is 33.1 Å². The van der Waals surface area contributed by atoms with E-state index in [-0.39, 0.29) is 12.1 Å². The van der Waals surface area contributed by atoms with Crippen LogP contribution in [0.4, 0.5) is 0 Å². The van der Waals surface area contributed by atoms with Gasteiger partial charge in [-0.2, -0.15) is 0 Å². The van der Waals surface area contributed by atoms with Crippen LogP contribution in [0.15, 0.2) is 36.5 Å². The lowest BCUT2D eigenvalue weighted by Gasteiger charge is -2.37. The minimum absolute atomic E-state index is 0.101. The van der Waals surface area contributed by atoms with E-state index in [1.165, 1.54) is 43.5 Å². The number of hydrogen-bond acceptors (Lipinski definition) is 2. The number of aryl methyl sites for hydroxylation is 1. The summed E-state index contributed by atoms with van der Waals surface area (Å²) in [5.41, 5.74) is 3.65. The smallest absolute Gasteiger partial charge is 0.170 e. The van der Waals surface area contributed by atoms with Crippen LogP contribution in [-0.4, -0.2) is 25.6 Å². The lowest BCUT2D eigenvalue weighted by Crippen LogP contribution is -2.40. The lowest BCUT2D eigenvalue weighted by molar-refractivity contribution is 0.192. The summed E-state index contributed by atoms with van der Waals surface area (Å²) < 4.78 is 2.30. The highest BCUT2D eigenvalue weighted by molar-refractivity contribution is 7.80. The van der Waals surface area contributed by atoms with Crippen molar-refractivity contribution in [1.29, 1.82) is 0 Å². The van der Waals surface area contributed by atoms with E-state index in [9.17, 15) is 0 Å².